The van der Waals surface area contributed by atoms with Gasteiger partial charge < -0.3 is 15.5 Å². The maximum atomic E-state index is 5.43. The van der Waals surface area contributed by atoms with Gasteiger partial charge in [0, 0.05) is 18.4 Å². The molecule has 0 amide bonds. The van der Waals surface area contributed by atoms with Gasteiger partial charge >= 0.3 is 0 Å². The maximum absolute atomic E-state index is 5.43. The van der Waals surface area contributed by atoms with Crippen LogP contribution in [-0.4, -0.2) is 16.6 Å². The Bertz CT molecular complexity index is 573. The molecule has 0 radical (unpaired) electrons. The molecule has 0 atom stereocenters. The molecular formula is C14H19N5O. The van der Waals surface area contributed by atoms with E-state index in [4.69, 9.17) is 10.6 Å². The number of nitrogens with zero attached hydrogens (tertiary/aromatic N) is 2. The highest BCUT2D eigenvalue weighted by Gasteiger charge is 2.05. The molecule has 2 rings (SSSR count). The Morgan fingerprint density at radius 3 is 2.65 bits per heavy atom. The Balaban J connectivity index is 2.24. The van der Waals surface area contributed by atoms with Gasteiger partial charge in [0.1, 0.15) is 18.2 Å². The second kappa shape index (κ2) is 6.83. The van der Waals surface area contributed by atoms with Crippen LogP contribution < -0.4 is 16.6 Å². The monoisotopic (exact) mass is 273 g/mol. The van der Waals surface area contributed by atoms with Crippen molar-refractivity contribution in [2.24, 2.45) is 5.84 Å². The second-order valence-corrected chi connectivity index (χ2v) is 4.28. The van der Waals surface area contributed by atoms with Gasteiger partial charge in [0.2, 0.25) is 0 Å². The minimum atomic E-state index is 0.356. The number of rotatable bonds is 6. The number of hydrazine groups is 1. The Morgan fingerprint density at radius 2 is 1.95 bits per heavy atom. The lowest BCUT2D eigenvalue weighted by Gasteiger charge is -2.11. The van der Waals surface area contributed by atoms with E-state index in [-0.39, 0.29) is 0 Å². The lowest BCUT2D eigenvalue weighted by atomic mass is 10.2. The molecule has 0 spiro atoms. The Kier molecular flexibility index (Phi) is 4.86. The number of aryl methyl sites for hydroxylation is 1. The Morgan fingerprint density at radius 1 is 1.20 bits per heavy atom. The molecule has 0 aliphatic heterocycles. The summed E-state index contributed by atoms with van der Waals surface area (Å²) in [6, 6.07) is 9.75. The Hall–Kier alpha value is -2.18. The maximum Gasteiger partial charge on any atom is 0.158 e. The Labute approximate surface area is 118 Å². The molecule has 4 N–H and O–H groups in total. The predicted octanol–water partition coefficient (Wildman–Crippen LogP) is 2.35. The molecule has 1 aromatic heterocycles. The van der Waals surface area contributed by atoms with E-state index in [0.29, 0.717) is 30.7 Å². The number of hydrogen-bond acceptors (Lipinski definition) is 6. The standard InChI is InChI=1S/C14H19N5O/c1-3-20-9-14-17-12(8-13(18-14)19-15)16-11-7-5-4-6-10(11)2/h4-8H,3,9,15H2,1-2H3,(H2,16,17,18,19). The summed E-state index contributed by atoms with van der Waals surface area (Å²) in [6.45, 7) is 4.93. The lowest BCUT2D eigenvalue weighted by molar-refractivity contribution is 0.128. The molecule has 2 aromatic rings. The van der Waals surface area contributed by atoms with Gasteiger partial charge in [-0.3, -0.25) is 0 Å². The van der Waals surface area contributed by atoms with Crippen LogP contribution in [0, 0.1) is 6.92 Å². The number of aromatic nitrogens is 2. The summed E-state index contributed by atoms with van der Waals surface area (Å²) >= 11 is 0. The molecule has 0 bridgehead atoms. The fourth-order valence-corrected chi connectivity index (χ4v) is 1.74. The van der Waals surface area contributed by atoms with Crippen LogP contribution in [-0.2, 0) is 11.3 Å². The summed E-state index contributed by atoms with van der Waals surface area (Å²) in [7, 11) is 0. The summed E-state index contributed by atoms with van der Waals surface area (Å²) in [5.41, 5.74) is 4.67. The van der Waals surface area contributed by atoms with Crippen molar-refractivity contribution in [3.8, 4) is 0 Å². The van der Waals surface area contributed by atoms with Crippen LogP contribution in [0.25, 0.3) is 0 Å². The van der Waals surface area contributed by atoms with Gasteiger partial charge in [-0.05, 0) is 25.5 Å². The molecule has 0 saturated carbocycles. The molecule has 20 heavy (non-hydrogen) atoms. The van der Waals surface area contributed by atoms with Crippen molar-refractivity contribution in [3.05, 3.63) is 41.7 Å². The summed E-state index contributed by atoms with van der Waals surface area (Å²) in [5, 5.41) is 3.26. The van der Waals surface area contributed by atoms with Gasteiger partial charge in [0.25, 0.3) is 0 Å². The lowest BCUT2D eigenvalue weighted by Crippen LogP contribution is -2.12. The minimum Gasteiger partial charge on any atom is -0.374 e. The van der Waals surface area contributed by atoms with Crippen molar-refractivity contribution < 1.29 is 4.74 Å². The quantitative estimate of drug-likeness (QED) is 0.553. The molecule has 0 unspecified atom stereocenters. The highest BCUT2D eigenvalue weighted by Crippen LogP contribution is 2.20. The number of benzene rings is 1. The van der Waals surface area contributed by atoms with Gasteiger partial charge in [-0.25, -0.2) is 15.8 Å². The van der Waals surface area contributed by atoms with Crippen molar-refractivity contribution in [1.29, 1.82) is 0 Å². The number of nitrogens with two attached hydrogens (primary N) is 1. The fourth-order valence-electron chi connectivity index (χ4n) is 1.74. The van der Waals surface area contributed by atoms with Gasteiger partial charge in [0.15, 0.2) is 5.82 Å². The van der Waals surface area contributed by atoms with E-state index >= 15 is 0 Å². The first-order valence-electron chi connectivity index (χ1n) is 6.48. The molecular weight excluding hydrogens is 254 g/mol. The number of para-hydroxylation sites is 1. The van der Waals surface area contributed by atoms with Gasteiger partial charge in [-0.2, -0.15) is 0 Å². The molecule has 0 fully saturated rings. The van der Waals surface area contributed by atoms with Crippen LogP contribution in [0.5, 0.6) is 0 Å². The van der Waals surface area contributed by atoms with Crippen LogP contribution in [0.4, 0.5) is 17.3 Å². The van der Waals surface area contributed by atoms with Crippen molar-refractivity contribution in [3.63, 3.8) is 0 Å². The third-order valence-corrected chi connectivity index (χ3v) is 2.76. The average Bonchev–Trinajstić information content (AvgIpc) is 2.47. The first-order chi connectivity index (χ1) is 9.72. The van der Waals surface area contributed by atoms with Crippen LogP contribution in [0.3, 0.4) is 0 Å². The second-order valence-electron chi connectivity index (χ2n) is 4.28. The zero-order valence-corrected chi connectivity index (χ0v) is 11.7. The summed E-state index contributed by atoms with van der Waals surface area (Å²) in [5.74, 6) is 7.24. The van der Waals surface area contributed by atoms with E-state index < -0.39 is 0 Å². The molecule has 6 heteroatoms. The third kappa shape index (κ3) is 3.66. The number of nitrogens with one attached hydrogen (secondary N) is 2. The first kappa shape index (κ1) is 14.2. The van der Waals surface area contributed by atoms with Crippen LogP contribution >= 0.6 is 0 Å². The summed E-state index contributed by atoms with van der Waals surface area (Å²) in [6.07, 6.45) is 0. The van der Waals surface area contributed by atoms with Crippen LogP contribution in [0.1, 0.15) is 18.3 Å². The average molecular weight is 273 g/mol. The zero-order chi connectivity index (χ0) is 14.4. The van der Waals surface area contributed by atoms with E-state index in [1.165, 1.54) is 0 Å². The molecule has 106 valence electrons. The minimum absolute atomic E-state index is 0.356. The molecule has 1 aromatic carbocycles. The van der Waals surface area contributed by atoms with E-state index in [1.807, 2.05) is 38.1 Å². The summed E-state index contributed by atoms with van der Waals surface area (Å²) in [4.78, 5) is 8.65. The van der Waals surface area contributed by atoms with Crippen molar-refractivity contribution >= 4 is 17.3 Å². The highest BCUT2D eigenvalue weighted by atomic mass is 16.5. The summed E-state index contributed by atoms with van der Waals surface area (Å²) < 4.78 is 5.33. The fraction of sp³-hybridized carbons (Fsp3) is 0.286. The molecule has 1 heterocycles. The smallest absolute Gasteiger partial charge is 0.158 e. The van der Waals surface area contributed by atoms with Crippen LogP contribution in [0.15, 0.2) is 30.3 Å². The van der Waals surface area contributed by atoms with Crippen molar-refractivity contribution in [1.82, 2.24) is 9.97 Å². The largest absolute Gasteiger partial charge is 0.374 e. The highest BCUT2D eigenvalue weighted by molar-refractivity contribution is 5.62. The number of ether oxygens (including phenoxy) is 1. The van der Waals surface area contributed by atoms with Gasteiger partial charge in [-0.15, -0.1) is 0 Å². The number of hydrogen-bond donors (Lipinski definition) is 3. The van der Waals surface area contributed by atoms with Gasteiger partial charge in [-0.1, -0.05) is 18.2 Å². The number of anilines is 3. The van der Waals surface area contributed by atoms with Crippen molar-refractivity contribution in [2.45, 2.75) is 20.5 Å². The zero-order valence-electron chi connectivity index (χ0n) is 11.7. The van der Waals surface area contributed by atoms with E-state index in [9.17, 15) is 0 Å². The van der Waals surface area contributed by atoms with Crippen LogP contribution in [0.2, 0.25) is 0 Å². The van der Waals surface area contributed by atoms with E-state index in [0.717, 1.165) is 11.3 Å². The first-order valence-corrected chi connectivity index (χ1v) is 6.48. The predicted molar refractivity (Wildman–Crippen MR) is 79.6 cm³/mol. The number of nitrogen functional groups attached to an aromatic ring is 1. The SMILES string of the molecule is CCOCc1nc(NN)cc(Nc2ccccc2C)n1. The normalized spacial score (nSPS) is 10.3. The van der Waals surface area contributed by atoms with E-state index in [1.54, 1.807) is 6.07 Å². The van der Waals surface area contributed by atoms with E-state index in [2.05, 4.69) is 20.7 Å². The van der Waals surface area contributed by atoms with Crippen molar-refractivity contribution in [2.75, 3.05) is 17.3 Å². The third-order valence-electron chi connectivity index (χ3n) is 2.76. The molecule has 0 saturated heterocycles. The molecule has 0 aliphatic carbocycles. The molecule has 0 aliphatic rings. The topological polar surface area (TPSA) is 85.1 Å². The van der Waals surface area contributed by atoms with Gasteiger partial charge in [0.05, 0.1) is 0 Å². The molecule has 6 nitrogen and oxygen atoms in total.